The van der Waals surface area contributed by atoms with Crippen molar-refractivity contribution in [3.05, 3.63) is 0 Å². The molecule has 2 aliphatic rings. The summed E-state index contributed by atoms with van der Waals surface area (Å²) in [4.78, 5) is 36.4. The van der Waals surface area contributed by atoms with Crippen molar-refractivity contribution in [2.24, 2.45) is 5.92 Å². The first-order chi connectivity index (χ1) is 10.6. The van der Waals surface area contributed by atoms with E-state index in [1.54, 1.807) is 0 Å². The van der Waals surface area contributed by atoms with Crippen LogP contribution in [0.4, 0.5) is 0 Å². The molecular formula is C16H26N2O4. The van der Waals surface area contributed by atoms with E-state index in [4.69, 9.17) is 5.11 Å². The predicted molar refractivity (Wildman–Crippen MR) is 81.2 cm³/mol. The Labute approximate surface area is 131 Å². The van der Waals surface area contributed by atoms with Crippen LogP contribution in [0.25, 0.3) is 0 Å². The SMILES string of the molecule is O=C(O)CCC1CCCCN1C(=O)CCCNC(=O)C1CC1. The standard InChI is InChI=1S/C16H26N2O4/c19-14(5-3-10-17-16(22)12-6-7-12)18-11-2-1-4-13(18)8-9-15(20)21/h12-13H,1-11H2,(H,17,22)(H,20,21). The van der Waals surface area contributed by atoms with E-state index in [2.05, 4.69) is 5.32 Å². The van der Waals surface area contributed by atoms with Gasteiger partial charge in [-0.1, -0.05) is 0 Å². The molecular weight excluding hydrogens is 284 g/mol. The van der Waals surface area contributed by atoms with E-state index in [1.807, 2.05) is 4.90 Å². The van der Waals surface area contributed by atoms with E-state index in [0.717, 1.165) is 38.6 Å². The topological polar surface area (TPSA) is 86.7 Å². The molecule has 1 heterocycles. The number of piperidine rings is 1. The van der Waals surface area contributed by atoms with Crippen LogP contribution in [-0.2, 0) is 14.4 Å². The van der Waals surface area contributed by atoms with Crippen molar-refractivity contribution in [3.8, 4) is 0 Å². The fourth-order valence-corrected chi connectivity index (χ4v) is 3.00. The Morgan fingerprint density at radius 1 is 1.09 bits per heavy atom. The van der Waals surface area contributed by atoms with Gasteiger partial charge in [0.25, 0.3) is 0 Å². The van der Waals surface area contributed by atoms with Crippen molar-refractivity contribution < 1.29 is 19.5 Å². The van der Waals surface area contributed by atoms with Gasteiger partial charge in [-0.05, 0) is 44.9 Å². The molecule has 1 saturated carbocycles. The number of hydrogen-bond donors (Lipinski definition) is 2. The van der Waals surface area contributed by atoms with E-state index in [1.165, 1.54) is 0 Å². The van der Waals surface area contributed by atoms with E-state index in [0.29, 0.717) is 25.8 Å². The largest absolute Gasteiger partial charge is 0.481 e. The summed E-state index contributed by atoms with van der Waals surface area (Å²) in [6.07, 6.45) is 6.67. The molecule has 0 radical (unpaired) electrons. The van der Waals surface area contributed by atoms with E-state index < -0.39 is 5.97 Å². The van der Waals surface area contributed by atoms with Gasteiger partial charge in [0.15, 0.2) is 0 Å². The van der Waals surface area contributed by atoms with E-state index >= 15 is 0 Å². The van der Waals surface area contributed by atoms with Gasteiger partial charge >= 0.3 is 5.97 Å². The second-order valence-electron chi connectivity index (χ2n) is 6.34. The molecule has 0 aromatic rings. The lowest BCUT2D eigenvalue weighted by Crippen LogP contribution is -2.44. The number of nitrogens with one attached hydrogen (secondary N) is 1. The predicted octanol–water partition coefficient (Wildman–Crippen LogP) is 1.54. The van der Waals surface area contributed by atoms with Crippen LogP contribution < -0.4 is 5.32 Å². The highest BCUT2D eigenvalue weighted by Crippen LogP contribution is 2.28. The fourth-order valence-electron chi connectivity index (χ4n) is 3.00. The number of aliphatic carboxylic acids is 1. The first-order valence-electron chi connectivity index (χ1n) is 8.37. The van der Waals surface area contributed by atoms with Gasteiger partial charge in [0.05, 0.1) is 0 Å². The first-order valence-corrected chi connectivity index (χ1v) is 8.37. The molecule has 2 amide bonds. The highest BCUT2D eigenvalue weighted by Gasteiger charge is 2.29. The zero-order chi connectivity index (χ0) is 15.9. The van der Waals surface area contributed by atoms with Crippen LogP contribution in [0.2, 0.25) is 0 Å². The quantitative estimate of drug-likeness (QED) is 0.666. The maximum Gasteiger partial charge on any atom is 0.303 e. The fraction of sp³-hybridized carbons (Fsp3) is 0.812. The molecule has 0 aromatic carbocycles. The third-order valence-electron chi connectivity index (χ3n) is 4.45. The lowest BCUT2D eigenvalue weighted by atomic mass is 9.97. The average molecular weight is 310 g/mol. The zero-order valence-electron chi connectivity index (χ0n) is 13.1. The Kier molecular flexibility index (Phi) is 6.21. The van der Waals surface area contributed by atoms with Crippen molar-refractivity contribution in [1.29, 1.82) is 0 Å². The molecule has 2 fully saturated rings. The Bertz CT molecular complexity index is 420. The third-order valence-corrected chi connectivity index (χ3v) is 4.45. The molecule has 2 rings (SSSR count). The number of nitrogens with zero attached hydrogens (tertiary/aromatic N) is 1. The Morgan fingerprint density at radius 2 is 1.86 bits per heavy atom. The molecule has 2 N–H and O–H groups in total. The maximum atomic E-state index is 12.3. The van der Waals surface area contributed by atoms with E-state index in [9.17, 15) is 14.4 Å². The third kappa shape index (κ3) is 5.31. The molecule has 1 atom stereocenters. The number of rotatable bonds is 8. The number of carbonyl (C=O) groups excluding carboxylic acids is 2. The van der Waals surface area contributed by atoms with Crippen LogP contribution in [-0.4, -0.2) is 46.9 Å². The lowest BCUT2D eigenvalue weighted by Gasteiger charge is -2.35. The lowest BCUT2D eigenvalue weighted by molar-refractivity contribution is -0.140. The molecule has 1 aliphatic carbocycles. The van der Waals surface area contributed by atoms with Gasteiger partial charge in [-0.3, -0.25) is 14.4 Å². The summed E-state index contributed by atoms with van der Waals surface area (Å²) in [5.74, 6) is -0.389. The second kappa shape index (κ2) is 8.15. The Balaban J connectivity index is 1.68. The van der Waals surface area contributed by atoms with Crippen molar-refractivity contribution in [2.75, 3.05) is 13.1 Å². The molecule has 1 unspecified atom stereocenters. The minimum Gasteiger partial charge on any atom is -0.481 e. The highest BCUT2D eigenvalue weighted by molar-refractivity contribution is 5.81. The van der Waals surface area contributed by atoms with Crippen LogP contribution >= 0.6 is 0 Å². The van der Waals surface area contributed by atoms with Crippen LogP contribution in [0.1, 0.15) is 57.8 Å². The van der Waals surface area contributed by atoms with Crippen molar-refractivity contribution in [1.82, 2.24) is 10.2 Å². The highest BCUT2D eigenvalue weighted by atomic mass is 16.4. The van der Waals surface area contributed by atoms with Crippen molar-refractivity contribution >= 4 is 17.8 Å². The number of hydrogen-bond acceptors (Lipinski definition) is 3. The number of carboxylic acid groups (broad SMARTS) is 1. The Hall–Kier alpha value is -1.59. The summed E-state index contributed by atoms with van der Waals surface area (Å²) < 4.78 is 0. The molecule has 0 spiro atoms. The molecule has 124 valence electrons. The van der Waals surface area contributed by atoms with Gasteiger partial charge in [-0.15, -0.1) is 0 Å². The summed E-state index contributed by atoms with van der Waals surface area (Å²) in [5, 5.41) is 11.7. The van der Waals surface area contributed by atoms with Crippen molar-refractivity contribution in [3.63, 3.8) is 0 Å². The molecule has 0 aromatic heterocycles. The molecule has 22 heavy (non-hydrogen) atoms. The summed E-state index contributed by atoms with van der Waals surface area (Å²) in [7, 11) is 0. The normalized spacial score (nSPS) is 21.5. The minimum atomic E-state index is -0.805. The number of carboxylic acids is 1. The van der Waals surface area contributed by atoms with Gasteiger partial charge in [0, 0.05) is 37.9 Å². The van der Waals surface area contributed by atoms with Gasteiger partial charge in [0.1, 0.15) is 0 Å². The summed E-state index contributed by atoms with van der Waals surface area (Å²) in [6.45, 7) is 1.28. The number of amides is 2. The van der Waals surface area contributed by atoms with Crippen molar-refractivity contribution in [2.45, 2.75) is 63.8 Å². The maximum absolute atomic E-state index is 12.3. The number of likely N-dealkylation sites (tertiary alicyclic amines) is 1. The molecule has 6 heteroatoms. The minimum absolute atomic E-state index is 0.0680. The number of carbonyl (C=O) groups is 3. The van der Waals surface area contributed by atoms with E-state index in [-0.39, 0.29) is 30.2 Å². The second-order valence-corrected chi connectivity index (χ2v) is 6.34. The van der Waals surface area contributed by atoms with Gasteiger partial charge in [0.2, 0.25) is 11.8 Å². The average Bonchev–Trinajstić information content (AvgIpc) is 3.34. The monoisotopic (exact) mass is 310 g/mol. The van der Waals surface area contributed by atoms with Gasteiger partial charge in [-0.25, -0.2) is 0 Å². The summed E-state index contributed by atoms with van der Waals surface area (Å²) in [5.41, 5.74) is 0. The summed E-state index contributed by atoms with van der Waals surface area (Å²) in [6, 6.07) is 0.0680. The first kappa shape index (κ1) is 16.8. The van der Waals surface area contributed by atoms with Crippen LogP contribution in [0.5, 0.6) is 0 Å². The van der Waals surface area contributed by atoms with Crippen LogP contribution in [0.3, 0.4) is 0 Å². The molecule has 1 saturated heterocycles. The molecule has 0 bridgehead atoms. The van der Waals surface area contributed by atoms with Crippen LogP contribution in [0.15, 0.2) is 0 Å². The smallest absolute Gasteiger partial charge is 0.303 e. The van der Waals surface area contributed by atoms with Gasteiger partial charge < -0.3 is 15.3 Å². The zero-order valence-corrected chi connectivity index (χ0v) is 13.1. The Morgan fingerprint density at radius 3 is 2.55 bits per heavy atom. The molecule has 1 aliphatic heterocycles. The molecule has 6 nitrogen and oxygen atoms in total. The van der Waals surface area contributed by atoms with Gasteiger partial charge in [-0.2, -0.15) is 0 Å². The van der Waals surface area contributed by atoms with Crippen LogP contribution in [0, 0.1) is 5.92 Å². The summed E-state index contributed by atoms with van der Waals surface area (Å²) >= 11 is 0.